The second-order valence-electron chi connectivity index (χ2n) is 4.16. The maximum Gasteiger partial charge on any atom is 0.337 e. The van der Waals surface area contributed by atoms with Gasteiger partial charge in [0, 0.05) is 17.6 Å². The van der Waals surface area contributed by atoms with E-state index in [-0.39, 0.29) is 18.0 Å². The monoisotopic (exact) mass is 258 g/mol. The molecule has 0 aliphatic heterocycles. The minimum Gasteiger partial charge on any atom is -0.478 e. The highest BCUT2D eigenvalue weighted by molar-refractivity contribution is 5.91. The second-order valence-corrected chi connectivity index (χ2v) is 4.16. The Balaban J connectivity index is 2.05. The number of carbonyl (C=O) groups is 2. The molecule has 19 heavy (non-hydrogen) atoms. The number of carboxylic acid groups (broad SMARTS) is 1. The highest BCUT2D eigenvalue weighted by Crippen LogP contribution is 2.11. The van der Waals surface area contributed by atoms with Gasteiger partial charge in [0.25, 0.3) is 0 Å². The van der Waals surface area contributed by atoms with E-state index in [4.69, 9.17) is 5.11 Å². The minimum atomic E-state index is -0.986. The Morgan fingerprint density at radius 2 is 1.89 bits per heavy atom. The first-order valence-corrected chi connectivity index (χ1v) is 5.82. The van der Waals surface area contributed by atoms with Gasteiger partial charge >= 0.3 is 5.97 Å². The van der Waals surface area contributed by atoms with Crippen molar-refractivity contribution in [2.75, 3.05) is 5.32 Å². The van der Waals surface area contributed by atoms with Crippen LogP contribution in [0.15, 0.2) is 42.6 Å². The highest BCUT2D eigenvalue weighted by Gasteiger charge is 2.13. The summed E-state index contributed by atoms with van der Waals surface area (Å²) in [7, 11) is 0. The van der Waals surface area contributed by atoms with Crippen LogP contribution in [-0.4, -0.2) is 21.6 Å². The van der Waals surface area contributed by atoms with Gasteiger partial charge in [-0.15, -0.1) is 0 Å². The average molecular weight is 258 g/mol. The summed E-state index contributed by atoms with van der Waals surface area (Å²) in [4.78, 5) is 22.7. The minimum absolute atomic E-state index is 0.0913. The second kappa shape index (κ2) is 5.39. The molecule has 0 radical (unpaired) electrons. The molecule has 98 valence electrons. The molecule has 2 N–H and O–H groups in total. The molecule has 0 saturated carbocycles. The van der Waals surface area contributed by atoms with Crippen LogP contribution < -0.4 is 5.32 Å². The van der Waals surface area contributed by atoms with Gasteiger partial charge in [0.2, 0.25) is 5.91 Å². The summed E-state index contributed by atoms with van der Waals surface area (Å²) in [5, 5.41) is 11.7. The number of aromatic nitrogens is 1. The predicted molar refractivity (Wildman–Crippen MR) is 71.2 cm³/mol. The van der Waals surface area contributed by atoms with Gasteiger partial charge in [-0.3, -0.25) is 4.79 Å². The van der Waals surface area contributed by atoms with Crippen molar-refractivity contribution in [2.24, 2.45) is 0 Å². The molecule has 0 fully saturated rings. The summed E-state index contributed by atoms with van der Waals surface area (Å²) < 4.78 is 1.61. The Morgan fingerprint density at radius 1 is 1.21 bits per heavy atom. The van der Waals surface area contributed by atoms with Crippen LogP contribution in [0.1, 0.15) is 16.1 Å². The lowest BCUT2D eigenvalue weighted by Gasteiger charge is -2.08. The average Bonchev–Trinajstić information content (AvgIpc) is 2.72. The molecule has 0 aliphatic carbocycles. The lowest BCUT2D eigenvalue weighted by Crippen LogP contribution is -2.19. The number of hydrogen-bond acceptors (Lipinski definition) is 2. The van der Waals surface area contributed by atoms with Gasteiger partial charge in [0.05, 0.1) is 5.56 Å². The fraction of sp³-hybridized carbons (Fsp3) is 0.143. The molecule has 1 aromatic carbocycles. The third kappa shape index (κ3) is 3.01. The summed E-state index contributed by atoms with van der Waals surface area (Å²) in [5.74, 6) is -1.18. The molecule has 1 heterocycles. The van der Waals surface area contributed by atoms with E-state index in [1.54, 1.807) is 29.8 Å². The van der Waals surface area contributed by atoms with E-state index in [0.29, 0.717) is 5.69 Å². The molecule has 1 aromatic heterocycles. The van der Waals surface area contributed by atoms with E-state index in [9.17, 15) is 9.59 Å². The van der Waals surface area contributed by atoms with Crippen LogP contribution in [0.5, 0.6) is 0 Å². The van der Waals surface area contributed by atoms with Crippen LogP contribution in [0, 0.1) is 6.92 Å². The van der Waals surface area contributed by atoms with Crippen molar-refractivity contribution in [2.45, 2.75) is 13.5 Å². The molecule has 2 aromatic rings. The first-order valence-electron chi connectivity index (χ1n) is 5.82. The number of nitrogens with zero attached hydrogens (tertiary/aromatic N) is 1. The van der Waals surface area contributed by atoms with Crippen LogP contribution in [0.4, 0.5) is 5.69 Å². The highest BCUT2D eigenvalue weighted by atomic mass is 16.4. The number of benzene rings is 1. The largest absolute Gasteiger partial charge is 0.478 e. The number of nitrogens with one attached hydrogen (secondary N) is 1. The third-order valence-corrected chi connectivity index (χ3v) is 2.84. The smallest absolute Gasteiger partial charge is 0.337 e. The van der Waals surface area contributed by atoms with Crippen molar-refractivity contribution in [3.05, 3.63) is 53.9 Å². The number of anilines is 1. The molecule has 0 unspecified atom stereocenters. The van der Waals surface area contributed by atoms with Gasteiger partial charge in [-0.05, 0) is 25.1 Å². The van der Waals surface area contributed by atoms with E-state index in [1.165, 1.54) is 6.07 Å². The number of carbonyl (C=O) groups excluding carboxylic acids is 1. The molecule has 2 rings (SSSR count). The van der Waals surface area contributed by atoms with Gasteiger partial charge in [-0.1, -0.05) is 18.2 Å². The van der Waals surface area contributed by atoms with Gasteiger partial charge in [0.15, 0.2) is 0 Å². The molecule has 0 spiro atoms. The van der Waals surface area contributed by atoms with Crippen molar-refractivity contribution >= 4 is 17.6 Å². The normalized spacial score (nSPS) is 10.2. The van der Waals surface area contributed by atoms with Crippen LogP contribution in [-0.2, 0) is 11.3 Å². The fourth-order valence-electron chi connectivity index (χ4n) is 1.83. The Morgan fingerprint density at radius 3 is 2.47 bits per heavy atom. The van der Waals surface area contributed by atoms with Crippen LogP contribution in [0.2, 0.25) is 0 Å². The summed E-state index contributed by atoms with van der Waals surface area (Å²) >= 11 is 0. The number of hydrogen-bond donors (Lipinski definition) is 2. The van der Waals surface area contributed by atoms with Gasteiger partial charge in [0.1, 0.15) is 6.54 Å². The number of amides is 1. The molecule has 0 bridgehead atoms. The zero-order chi connectivity index (χ0) is 13.8. The molecule has 5 nitrogen and oxygen atoms in total. The van der Waals surface area contributed by atoms with Gasteiger partial charge in [-0.25, -0.2) is 4.79 Å². The maximum atomic E-state index is 11.8. The zero-order valence-corrected chi connectivity index (χ0v) is 10.5. The van der Waals surface area contributed by atoms with Crippen molar-refractivity contribution in [1.82, 2.24) is 4.57 Å². The summed E-state index contributed by atoms with van der Waals surface area (Å²) in [6.45, 7) is 1.77. The fourth-order valence-corrected chi connectivity index (χ4v) is 1.83. The van der Waals surface area contributed by atoms with Crippen molar-refractivity contribution in [1.29, 1.82) is 0 Å². The van der Waals surface area contributed by atoms with E-state index in [2.05, 4.69) is 5.32 Å². The lowest BCUT2D eigenvalue weighted by atomic mass is 10.2. The molecule has 0 atom stereocenters. The number of para-hydroxylation sites is 1. The molecule has 1 amide bonds. The van der Waals surface area contributed by atoms with E-state index >= 15 is 0 Å². The number of rotatable bonds is 4. The standard InChI is InChI=1S/C14H14N2O3/c1-10-12(14(18)19)7-8-16(10)9-13(17)15-11-5-3-2-4-6-11/h2-8H,9H2,1H3,(H,15,17)(H,18,19). The topological polar surface area (TPSA) is 71.3 Å². The van der Waals surface area contributed by atoms with E-state index < -0.39 is 5.97 Å². The van der Waals surface area contributed by atoms with Crippen molar-refractivity contribution < 1.29 is 14.7 Å². The molecular weight excluding hydrogens is 244 g/mol. The Labute approximate surface area is 110 Å². The Hall–Kier alpha value is -2.56. The zero-order valence-electron chi connectivity index (χ0n) is 10.5. The van der Waals surface area contributed by atoms with Crippen LogP contribution in [0.3, 0.4) is 0 Å². The van der Waals surface area contributed by atoms with Gasteiger partial charge in [-0.2, -0.15) is 0 Å². The molecule has 5 heteroatoms. The molecular formula is C14H14N2O3. The lowest BCUT2D eigenvalue weighted by molar-refractivity contribution is -0.116. The predicted octanol–water partition coefficient (Wildman–Crippen LogP) is 2.13. The first-order chi connectivity index (χ1) is 9.08. The molecule has 0 saturated heterocycles. The number of carboxylic acids is 1. The maximum absolute atomic E-state index is 11.8. The van der Waals surface area contributed by atoms with Gasteiger partial charge < -0.3 is 15.0 Å². The number of aromatic carboxylic acids is 1. The summed E-state index contributed by atoms with van der Waals surface area (Å²) in [5.41, 5.74) is 1.50. The van der Waals surface area contributed by atoms with Crippen molar-refractivity contribution in [3.8, 4) is 0 Å². The SMILES string of the molecule is Cc1c(C(=O)O)ccn1CC(=O)Nc1ccccc1. The Bertz CT molecular complexity index is 602. The first kappa shape index (κ1) is 12.9. The van der Waals surface area contributed by atoms with Crippen LogP contribution in [0.25, 0.3) is 0 Å². The van der Waals surface area contributed by atoms with Crippen LogP contribution >= 0.6 is 0 Å². The van der Waals surface area contributed by atoms with E-state index in [1.807, 2.05) is 18.2 Å². The van der Waals surface area contributed by atoms with Crippen molar-refractivity contribution in [3.63, 3.8) is 0 Å². The summed E-state index contributed by atoms with van der Waals surface area (Å²) in [6.07, 6.45) is 1.60. The Kier molecular flexibility index (Phi) is 3.66. The quantitative estimate of drug-likeness (QED) is 0.882. The summed E-state index contributed by atoms with van der Waals surface area (Å²) in [6, 6.07) is 10.6. The molecule has 0 aliphatic rings. The third-order valence-electron chi connectivity index (χ3n) is 2.84. The van der Waals surface area contributed by atoms with E-state index in [0.717, 1.165) is 5.69 Å².